The largest absolute Gasteiger partial charge is 0.469 e. The Kier molecular flexibility index (Phi) is 11.3. The summed E-state index contributed by atoms with van der Waals surface area (Å²) in [5.41, 5.74) is 1.01. The third-order valence-electron chi connectivity index (χ3n) is 14.0. The molecule has 4 saturated carbocycles. The number of nitrogens with zero attached hydrogens (tertiary/aromatic N) is 2. The Morgan fingerprint density at radius 3 is 1.92 bits per heavy atom. The number of non-ortho nitro benzene ring substituents is 2. The highest BCUT2D eigenvalue weighted by Gasteiger charge is 2.65. The van der Waals surface area contributed by atoms with Gasteiger partial charge in [0.15, 0.2) is 0 Å². The van der Waals surface area contributed by atoms with Crippen molar-refractivity contribution in [1.29, 1.82) is 0 Å². The summed E-state index contributed by atoms with van der Waals surface area (Å²) in [6.45, 7) is 6.93. The van der Waals surface area contributed by atoms with Crippen molar-refractivity contribution in [2.24, 2.45) is 46.3 Å². The van der Waals surface area contributed by atoms with Crippen molar-refractivity contribution < 1.29 is 38.4 Å². The molecule has 0 heterocycles. The Hall–Kier alpha value is -4.35. The molecule has 0 aliphatic heterocycles. The van der Waals surface area contributed by atoms with Crippen molar-refractivity contribution in [2.45, 2.75) is 110 Å². The number of benzene rings is 2. The maximum atomic E-state index is 13.7. The van der Waals surface area contributed by atoms with Crippen LogP contribution in [-0.2, 0) is 41.4 Å². The minimum Gasteiger partial charge on any atom is -0.469 e. The summed E-state index contributed by atoms with van der Waals surface area (Å²) in [5, 5.41) is 22.2. The van der Waals surface area contributed by atoms with E-state index in [-0.39, 0.29) is 77.0 Å². The van der Waals surface area contributed by atoms with Crippen molar-refractivity contribution in [1.82, 2.24) is 0 Å². The summed E-state index contributed by atoms with van der Waals surface area (Å²) in [7, 11) is 1.41. The number of fused-ring (bicyclic) bond motifs is 5. The van der Waals surface area contributed by atoms with Crippen LogP contribution in [0.4, 0.5) is 11.4 Å². The number of methoxy groups -OCH3 is 1. The van der Waals surface area contributed by atoms with Crippen LogP contribution in [0, 0.1) is 66.6 Å². The molecule has 12 heteroatoms. The molecule has 0 aromatic heterocycles. The third kappa shape index (κ3) is 7.82. The predicted molar refractivity (Wildman–Crippen MR) is 194 cm³/mol. The number of hydrogen-bond acceptors (Lipinski definition) is 10. The van der Waals surface area contributed by atoms with Gasteiger partial charge in [-0.3, -0.25) is 34.6 Å². The van der Waals surface area contributed by atoms with E-state index >= 15 is 0 Å². The first-order chi connectivity index (χ1) is 25.2. The zero-order valence-electron chi connectivity index (χ0n) is 31.2. The number of carbonyl (C=O) groups excluding carboxylic acids is 3. The van der Waals surface area contributed by atoms with E-state index < -0.39 is 9.85 Å². The summed E-state index contributed by atoms with van der Waals surface area (Å²) in [4.78, 5) is 60.1. The highest BCUT2D eigenvalue weighted by atomic mass is 16.6. The maximum absolute atomic E-state index is 13.7. The van der Waals surface area contributed by atoms with Crippen LogP contribution >= 0.6 is 0 Å². The highest BCUT2D eigenvalue weighted by molar-refractivity contribution is 5.73. The molecule has 286 valence electrons. The van der Waals surface area contributed by atoms with Gasteiger partial charge in [-0.05, 0) is 110 Å². The van der Waals surface area contributed by atoms with Crippen molar-refractivity contribution in [2.75, 3.05) is 7.11 Å². The molecule has 6 rings (SSSR count). The average molecular weight is 733 g/mol. The number of nitro groups is 2. The Balaban J connectivity index is 1.18. The zero-order chi connectivity index (χ0) is 38.1. The molecule has 0 spiro atoms. The molecule has 0 amide bonds. The monoisotopic (exact) mass is 732 g/mol. The van der Waals surface area contributed by atoms with Crippen LogP contribution in [0.2, 0.25) is 0 Å². The standard InChI is InChI=1S/C41H52N2O10/c1-25(5-18-37(44)51-4)33-16-17-34-32-15-10-28-23-31(52-38(45)21-26-6-11-29(12-7-26)42(47)48)19-20-40(28,2)35(32)24-36(41(33,34)3)53-39(46)22-27-8-13-30(14-9-27)43(49)50/h6-9,11-14,25,28,31-36H,5,10,15-24H2,1-4H3/t25-,28?,31-,32+,33-,34+,35+,36+,40+,41-/m1/s1. The zero-order valence-corrected chi connectivity index (χ0v) is 31.2. The van der Waals surface area contributed by atoms with Gasteiger partial charge in [-0.2, -0.15) is 0 Å². The van der Waals surface area contributed by atoms with Crippen molar-refractivity contribution in [3.05, 3.63) is 79.9 Å². The molecule has 4 fully saturated rings. The van der Waals surface area contributed by atoms with Gasteiger partial charge >= 0.3 is 17.9 Å². The Morgan fingerprint density at radius 2 is 1.36 bits per heavy atom. The van der Waals surface area contributed by atoms with Gasteiger partial charge in [0, 0.05) is 36.1 Å². The molecule has 0 N–H and O–H groups in total. The van der Waals surface area contributed by atoms with Crippen LogP contribution in [-0.4, -0.2) is 47.1 Å². The molecule has 4 aliphatic carbocycles. The number of esters is 3. The summed E-state index contributed by atoms with van der Waals surface area (Å²) in [6.07, 6.45) is 8.01. The number of nitro benzene ring substituents is 2. The van der Waals surface area contributed by atoms with Gasteiger partial charge in [-0.15, -0.1) is 0 Å². The van der Waals surface area contributed by atoms with Crippen LogP contribution in [0.5, 0.6) is 0 Å². The molecular formula is C41H52N2O10. The number of hydrogen-bond donors (Lipinski definition) is 0. The summed E-state index contributed by atoms with van der Waals surface area (Å²) < 4.78 is 17.5. The fraction of sp³-hybridized carbons (Fsp3) is 0.634. The van der Waals surface area contributed by atoms with Crippen LogP contribution in [0.25, 0.3) is 0 Å². The quantitative estimate of drug-likeness (QED) is 0.0904. The normalized spacial score (nSPS) is 32.3. The van der Waals surface area contributed by atoms with E-state index in [2.05, 4.69) is 20.8 Å². The molecule has 12 nitrogen and oxygen atoms in total. The lowest BCUT2D eigenvalue weighted by molar-refractivity contribution is -0.385. The van der Waals surface area contributed by atoms with E-state index in [1.54, 1.807) is 24.3 Å². The van der Waals surface area contributed by atoms with E-state index in [0.717, 1.165) is 51.4 Å². The fourth-order valence-corrected chi connectivity index (χ4v) is 11.3. The van der Waals surface area contributed by atoms with Crippen LogP contribution in [0.3, 0.4) is 0 Å². The first-order valence-corrected chi connectivity index (χ1v) is 19.1. The second-order valence-electron chi connectivity index (χ2n) is 16.6. The number of carbonyl (C=O) groups is 3. The molecule has 0 bridgehead atoms. The summed E-state index contributed by atoms with van der Waals surface area (Å²) in [5.74, 6) is 1.15. The molecule has 2 aromatic rings. The first kappa shape index (κ1) is 38.4. The van der Waals surface area contributed by atoms with Crippen LogP contribution in [0.1, 0.15) is 96.1 Å². The van der Waals surface area contributed by atoms with E-state index in [4.69, 9.17) is 14.2 Å². The van der Waals surface area contributed by atoms with E-state index in [9.17, 15) is 34.6 Å². The molecule has 0 saturated heterocycles. The topological polar surface area (TPSA) is 165 Å². The van der Waals surface area contributed by atoms with Gasteiger partial charge in [0.2, 0.25) is 0 Å². The minimum absolute atomic E-state index is 0.0108. The fourth-order valence-electron chi connectivity index (χ4n) is 11.3. The number of ether oxygens (including phenoxy) is 3. The van der Waals surface area contributed by atoms with Crippen molar-refractivity contribution >= 4 is 29.3 Å². The van der Waals surface area contributed by atoms with Crippen molar-refractivity contribution in [3.8, 4) is 0 Å². The third-order valence-corrected chi connectivity index (χ3v) is 14.0. The molecule has 10 atom stereocenters. The maximum Gasteiger partial charge on any atom is 0.310 e. The first-order valence-electron chi connectivity index (χ1n) is 19.1. The van der Waals surface area contributed by atoms with Crippen molar-refractivity contribution in [3.63, 3.8) is 0 Å². The lowest BCUT2D eigenvalue weighted by Crippen LogP contribution is -2.59. The SMILES string of the molecule is COC(=O)CC[C@@H](C)[C@H]1CC[C@H]2[C@@H]3CCC4C[C@H](OC(=O)Cc5ccc([N+](=O)[O-])cc5)CC[C@]4(C)[C@H]3C[C@H](OC(=O)Cc3ccc([N+](=O)[O-])cc3)[C@]12C. The van der Waals surface area contributed by atoms with E-state index in [1.807, 2.05) is 0 Å². The average Bonchev–Trinajstić information content (AvgIpc) is 3.49. The van der Waals surface area contributed by atoms with Gasteiger partial charge in [0.1, 0.15) is 12.2 Å². The minimum atomic E-state index is -0.462. The van der Waals surface area contributed by atoms with Gasteiger partial charge < -0.3 is 14.2 Å². The Morgan fingerprint density at radius 1 is 0.774 bits per heavy atom. The summed E-state index contributed by atoms with van der Waals surface area (Å²) >= 11 is 0. The second kappa shape index (κ2) is 15.6. The lowest BCUT2D eigenvalue weighted by atomic mass is 9.43. The van der Waals surface area contributed by atoms with E-state index in [0.29, 0.717) is 47.6 Å². The van der Waals surface area contributed by atoms with Gasteiger partial charge in [0.05, 0.1) is 29.8 Å². The number of rotatable bonds is 12. The second-order valence-corrected chi connectivity index (χ2v) is 16.6. The van der Waals surface area contributed by atoms with E-state index in [1.165, 1.54) is 31.4 Å². The van der Waals surface area contributed by atoms with Crippen LogP contribution < -0.4 is 0 Å². The molecular weight excluding hydrogens is 680 g/mol. The Labute approximate surface area is 310 Å². The van der Waals surface area contributed by atoms with Gasteiger partial charge in [0.25, 0.3) is 11.4 Å². The molecule has 0 radical (unpaired) electrons. The van der Waals surface area contributed by atoms with Crippen LogP contribution in [0.15, 0.2) is 48.5 Å². The predicted octanol–water partition coefficient (Wildman–Crippen LogP) is 7.97. The Bertz CT molecular complexity index is 1700. The van der Waals surface area contributed by atoms with Gasteiger partial charge in [-0.1, -0.05) is 45.0 Å². The lowest BCUT2D eigenvalue weighted by Gasteiger charge is -2.62. The molecule has 2 aromatic carbocycles. The summed E-state index contributed by atoms with van der Waals surface area (Å²) in [6, 6.07) is 12.0. The highest BCUT2D eigenvalue weighted by Crippen LogP contribution is 2.69. The molecule has 53 heavy (non-hydrogen) atoms. The molecule has 1 unspecified atom stereocenters. The smallest absolute Gasteiger partial charge is 0.310 e. The van der Waals surface area contributed by atoms with Gasteiger partial charge in [-0.25, -0.2) is 0 Å². The molecule has 4 aliphatic rings.